The smallest absolute Gasteiger partial charge is 0.141 e. The number of pyridine rings is 1. The van der Waals surface area contributed by atoms with Crippen LogP contribution in [0.1, 0.15) is 49.1 Å². The molecule has 3 aromatic rings. The molecule has 2 bridgehead atoms. The van der Waals surface area contributed by atoms with Gasteiger partial charge in [-0.2, -0.15) is 0 Å². The Hall–Kier alpha value is -2.58. The average Bonchev–Trinajstić information content (AvgIpc) is 3.54. The van der Waals surface area contributed by atoms with E-state index in [1.54, 1.807) is 0 Å². The number of ether oxygens (including phenoxy) is 3. The van der Waals surface area contributed by atoms with E-state index >= 15 is 0 Å². The lowest BCUT2D eigenvalue weighted by molar-refractivity contribution is -0.0418. The number of alkyl halides is 1. The summed E-state index contributed by atoms with van der Waals surface area (Å²) >= 11 is 0. The van der Waals surface area contributed by atoms with E-state index in [9.17, 15) is 4.39 Å². The van der Waals surface area contributed by atoms with E-state index in [0.29, 0.717) is 19.6 Å². The summed E-state index contributed by atoms with van der Waals surface area (Å²) in [5, 5.41) is 9.84. The van der Waals surface area contributed by atoms with Crippen LogP contribution >= 0.6 is 0 Å². The van der Waals surface area contributed by atoms with Crippen LogP contribution in [0.5, 0.6) is 5.75 Å². The number of rotatable bonds is 5. The molecule has 1 aliphatic carbocycles. The minimum Gasteiger partial charge on any atom is -0.484 e. The van der Waals surface area contributed by atoms with Gasteiger partial charge in [0, 0.05) is 18.0 Å². The van der Waals surface area contributed by atoms with Crippen molar-refractivity contribution in [3.8, 4) is 5.75 Å². The summed E-state index contributed by atoms with van der Waals surface area (Å²) in [7, 11) is 0. The van der Waals surface area contributed by atoms with E-state index < -0.39 is 12.3 Å². The number of fused-ring (bicyclic) bond motifs is 5. The van der Waals surface area contributed by atoms with E-state index in [4.69, 9.17) is 14.2 Å². The zero-order chi connectivity index (χ0) is 21.1. The Morgan fingerprint density at radius 3 is 3.06 bits per heavy atom. The molecular formula is C23H25FN4O3. The lowest BCUT2D eigenvalue weighted by Crippen LogP contribution is -2.34. The third-order valence-electron chi connectivity index (χ3n) is 7.11. The first kappa shape index (κ1) is 19.1. The van der Waals surface area contributed by atoms with Gasteiger partial charge in [-0.15, -0.1) is 5.10 Å². The molecule has 3 aliphatic rings. The molecule has 8 heteroatoms. The Morgan fingerprint density at radius 2 is 2.26 bits per heavy atom. The summed E-state index contributed by atoms with van der Waals surface area (Å²) in [5.74, 6) is 0.774. The molecule has 2 fully saturated rings. The maximum atomic E-state index is 13.5. The van der Waals surface area contributed by atoms with Crippen LogP contribution in [-0.2, 0) is 28.0 Å². The summed E-state index contributed by atoms with van der Waals surface area (Å²) in [5.41, 5.74) is 3.24. The monoisotopic (exact) mass is 424 g/mol. The van der Waals surface area contributed by atoms with Crippen molar-refractivity contribution in [1.82, 2.24) is 20.0 Å². The lowest BCUT2D eigenvalue weighted by atomic mass is 9.99. The van der Waals surface area contributed by atoms with Crippen molar-refractivity contribution in [3.63, 3.8) is 0 Å². The average molecular weight is 424 g/mol. The fourth-order valence-electron chi connectivity index (χ4n) is 5.26. The molecule has 7 nitrogen and oxygen atoms in total. The summed E-state index contributed by atoms with van der Waals surface area (Å²) in [4.78, 5) is 4.55. The highest BCUT2D eigenvalue weighted by Crippen LogP contribution is 2.51. The number of benzene rings is 1. The highest BCUT2D eigenvalue weighted by Gasteiger charge is 2.57. The standard InChI is InChI=1S/C23H25FN4O3/c1-15(21-10-28(27-26-21)22-5-6-23(12-22,13-24)30-14-22)31-17-2-3-20-19(8-17)18-4-7-29-11-16(18)9-25-20/h2-3,8-10,15H,4-7,11-14H2,1H3. The molecule has 4 heterocycles. The number of hydrogen-bond donors (Lipinski definition) is 0. The predicted octanol–water partition coefficient (Wildman–Crippen LogP) is 3.66. The Kier molecular flexibility index (Phi) is 4.30. The van der Waals surface area contributed by atoms with Gasteiger partial charge in [-0.25, -0.2) is 9.07 Å². The fourth-order valence-corrected chi connectivity index (χ4v) is 5.26. The molecular weight excluding hydrogens is 399 g/mol. The van der Waals surface area contributed by atoms with Crippen LogP contribution in [-0.4, -0.2) is 45.5 Å². The summed E-state index contributed by atoms with van der Waals surface area (Å²) < 4.78 is 32.9. The SMILES string of the molecule is CC(Oc1ccc2ncc3c(c2c1)CCOC3)c1cn(C23CCC(CF)(C2)OC3)nn1. The molecule has 1 saturated heterocycles. The minimum atomic E-state index is -0.627. The van der Waals surface area contributed by atoms with E-state index in [0.717, 1.165) is 53.8 Å². The normalized spacial score (nSPS) is 28.1. The minimum absolute atomic E-state index is 0.270. The number of hydrogen-bond acceptors (Lipinski definition) is 6. The van der Waals surface area contributed by atoms with E-state index in [-0.39, 0.29) is 11.6 Å². The van der Waals surface area contributed by atoms with Crippen molar-refractivity contribution in [2.45, 2.75) is 56.5 Å². The van der Waals surface area contributed by atoms with Crippen LogP contribution in [0.2, 0.25) is 0 Å². The van der Waals surface area contributed by atoms with Crippen LogP contribution in [0.25, 0.3) is 10.9 Å². The first-order valence-corrected chi connectivity index (χ1v) is 10.9. The third kappa shape index (κ3) is 3.03. The zero-order valence-corrected chi connectivity index (χ0v) is 17.5. The van der Waals surface area contributed by atoms with Gasteiger partial charge in [0.1, 0.15) is 24.2 Å². The maximum absolute atomic E-state index is 13.5. The van der Waals surface area contributed by atoms with Crippen molar-refractivity contribution >= 4 is 10.9 Å². The number of nitrogens with zero attached hydrogens (tertiary/aromatic N) is 4. The number of aromatic nitrogens is 4. The van der Waals surface area contributed by atoms with Crippen molar-refractivity contribution in [2.75, 3.05) is 19.9 Å². The van der Waals surface area contributed by atoms with Crippen LogP contribution in [0.15, 0.2) is 30.6 Å². The molecule has 0 amide bonds. The lowest BCUT2D eigenvalue weighted by Gasteiger charge is -2.26. The Labute approximate surface area is 179 Å². The summed E-state index contributed by atoms with van der Waals surface area (Å²) in [6.07, 6.45) is 6.69. The molecule has 2 aliphatic heterocycles. The molecule has 2 aromatic heterocycles. The highest BCUT2D eigenvalue weighted by molar-refractivity contribution is 5.84. The Bertz CT molecular complexity index is 1140. The van der Waals surface area contributed by atoms with Gasteiger partial charge >= 0.3 is 0 Å². The van der Waals surface area contributed by atoms with Gasteiger partial charge in [-0.1, -0.05) is 5.21 Å². The van der Waals surface area contributed by atoms with Crippen LogP contribution in [0, 0.1) is 0 Å². The first-order chi connectivity index (χ1) is 15.1. The second-order valence-electron chi connectivity index (χ2n) is 9.10. The first-order valence-electron chi connectivity index (χ1n) is 10.9. The van der Waals surface area contributed by atoms with Gasteiger partial charge in [0.05, 0.1) is 42.7 Å². The van der Waals surface area contributed by atoms with Gasteiger partial charge in [-0.05, 0) is 55.5 Å². The van der Waals surface area contributed by atoms with Crippen molar-refractivity contribution < 1.29 is 18.6 Å². The van der Waals surface area contributed by atoms with Gasteiger partial charge in [0.15, 0.2) is 0 Å². The molecule has 0 radical (unpaired) electrons. The third-order valence-corrected chi connectivity index (χ3v) is 7.11. The van der Waals surface area contributed by atoms with Gasteiger partial charge in [0.25, 0.3) is 0 Å². The molecule has 162 valence electrons. The van der Waals surface area contributed by atoms with Crippen molar-refractivity contribution in [3.05, 3.63) is 47.4 Å². The fraction of sp³-hybridized carbons (Fsp3) is 0.522. The highest BCUT2D eigenvalue weighted by atomic mass is 19.1. The van der Waals surface area contributed by atoms with Crippen molar-refractivity contribution in [2.24, 2.45) is 0 Å². The van der Waals surface area contributed by atoms with E-state index in [1.165, 1.54) is 5.56 Å². The topological polar surface area (TPSA) is 71.3 Å². The molecule has 0 spiro atoms. The second kappa shape index (κ2) is 6.97. The summed E-state index contributed by atoms with van der Waals surface area (Å²) in [6.45, 7) is 3.35. The van der Waals surface area contributed by atoms with E-state index in [1.807, 2.05) is 36.1 Å². The largest absolute Gasteiger partial charge is 0.484 e. The van der Waals surface area contributed by atoms with Gasteiger partial charge in [0.2, 0.25) is 0 Å². The maximum Gasteiger partial charge on any atom is 0.141 e. The van der Waals surface area contributed by atoms with E-state index in [2.05, 4.69) is 21.4 Å². The number of halogens is 1. The second-order valence-corrected chi connectivity index (χ2v) is 9.10. The Balaban J connectivity index is 1.24. The van der Waals surface area contributed by atoms with Crippen molar-refractivity contribution in [1.29, 1.82) is 0 Å². The zero-order valence-electron chi connectivity index (χ0n) is 17.5. The summed E-state index contributed by atoms with van der Waals surface area (Å²) in [6, 6.07) is 6.00. The molecule has 3 atom stereocenters. The predicted molar refractivity (Wildman–Crippen MR) is 111 cm³/mol. The Morgan fingerprint density at radius 1 is 1.32 bits per heavy atom. The van der Waals surface area contributed by atoms with Crippen LogP contribution in [0.4, 0.5) is 4.39 Å². The van der Waals surface area contributed by atoms with Crippen LogP contribution in [0.3, 0.4) is 0 Å². The molecule has 31 heavy (non-hydrogen) atoms. The van der Waals surface area contributed by atoms with Crippen LogP contribution < -0.4 is 4.74 Å². The molecule has 6 rings (SSSR count). The molecule has 0 N–H and O–H groups in total. The molecule has 1 saturated carbocycles. The van der Waals surface area contributed by atoms with Gasteiger partial charge < -0.3 is 14.2 Å². The quantitative estimate of drug-likeness (QED) is 0.623. The molecule has 1 aromatic carbocycles. The van der Waals surface area contributed by atoms with Gasteiger partial charge in [-0.3, -0.25) is 4.98 Å². The molecule has 3 unspecified atom stereocenters.